The monoisotopic (exact) mass is 275 g/mol. The molecule has 0 saturated heterocycles. The molecule has 2 atom stereocenters. The summed E-state index contributed by atoms with van der Waals surface area (Å²) in [5, 5.41) is 0. The summed E-state index contributed by atoms with van der Waals surface area (Å²) in [6.45, 7) is 0. The summed E-state index contributed by atoms with van der Waals surface area (Å²) in [7, 11) is 0. The quantitative estimate of drug-likeness (QED) is 0.665. The molecule has 0 radical (unpaired) electrons. The first kappa shape index (κ1) is 10.7. The average molecular weight is 277 g/mol. The first-order valence-corrected chi connectivity index (χ1v) is 6.08. The highest BCUT2D eigenvalue weighted by molar-refractivity contribution is 6.76. The Bertz CT molecular complexity index is 467. The van der Waals surface area contributed by atoms with Crippen LogP contribution >= 0.6 is 34.8 Å². The van der Waals surface area contributed by atoms with Crippen molar-refractivity contribution in [2.24, 2.45) is 4.99 Å². The fraction of sp³-hybridized carbons (Fsp3) is 0.364. The van der Waals surface area contributed by atoms with Crippen LogP contribution in [0.4, 0.5) is 0 Å². The van der Waals surface area contributed by atoms with E-state index < -0.39 is 3.79 Å². The number of benzene rings is 1. The lowest BCUT2D eigenvalue weighted by atomic mass is 10.1. The molecule has 1 heterocycles. The van der Waals surface area contributed by atoms with E-state index in [2.05, 4.69) is 11.1 Å². The first-order chi connectivity index (χ1) is 7.55. The van der Waals surface area contributed by atoms with E-state index in [0.29, 0.717) is 0 Å². The second-order valence-corrected chi connectivity index (χ2v) is 6.22. The van der Waals surface area contributed by atoms with Crippen LogP contribution in [0, 0.1) is 0 Å². The first-order valence-electron chi connectivity index (χ1n) is 4.95. The van der Waals surface area contributed by atoms with Crippen LogP contribution in [-0.4, -0.2) is 15.8 Å². The normalized spacial score (nSPS) is 27.1. The molecule has 16 heavy (non-hydrogen) atoms. The average Bonchev–Trinajstić information content (AvgIpc) is 2.72. The number of hydrogen-bond acceptors (Lipinski definition) is 2. The van der Waals surface area contributed by atoms with Gasteiger partial charge in [-0.05, 0) is 11.1 Å². The van der Waals surface area contributed by atoms with Crippen LogP contribution in [-0.2, 0) is 11.2 Å². The molecule has 2 aliphatic rings. The SMILES string of the molecule is ClC(Cl)(Cl)C1=NC2c3ccccc3CC2O1. The van der Waals surface area contributed by atoms with Gasteiger partial charge in [0.25, 0.3) is 3.79 Å². The van der Waals surface area contributed by atoms with Crippen LogP contribution < -0.4 is 0 Å². The molecule has 0 aromatic heterocycles. The Hall–Kier alpha value is -0.440. The van der Waals surface area contributed by atoms with Crippen molar-refractivity contribution in [1.29, 1.82) is 0 Å². The van der Waals surface area contributed by atoms with Crippen LogP contribution in [0.5, 0.6) is 0 Å². The second kappa shape index (κ2) is 3.52. The number of nitrogens with zero attached hydrogens (tertiary/aromatic N) is 1. The second-order valence-electron chi connectivity index (χ2n) is 3.94. The van der Waals surface area contributed by atoms with E-state index in [1.807, 2.05) is 18.2 Å². The van der Waals surface area contributed by atoms with Crippen molar-refractivity contribution in [2.45, 2.75) is 22.4 Å². The molecular weight excluding hydrogens is 268 g/mol. The Morgan fingerprint density at radius 2 is 2.00 bits per heavy atom. The molecule has 0 saturated carbocycles. The van der Waals surface area contributed by atoms with E-state index >= 15 is 0 Å². The highest BCUT2D eigenvalue weighted by atomic mass is 35.6. The highest BCUT2D eigenvalue weighted by Crippen LogP contribution is 2.43. The van der Waals surface area contributed by atoms with Gasteiger partial charge in [-0.25, -0.2) is 4.99 Å². The minimum Gasteiger partial charge on any atom is -0.472 e. The smallest absolute Gasteiger partial charge is 0.266 e. The number of ether oxygens (including phenoxy) is 1. The number of aliphatic imine (C=N–C) groups is 1. The summed E-state index contributed by atoms with van der Waals surface area (Å²) < 4.78 is 4.03. The molecule has 84 valence electrons. The lowest BCUT2D eigenvalue weighted by Gasteiger charge is -2.13. The summed E-state index contributed by atoms with van der Waals surface area (Å²) in [4.78, 5) is 4.36. The Kier molecular flexibility index (Phi) is 2.36. The van der Waals surface area contributed by atoms with E-state index in [9.17, 15) is 0 Å². The minimum atomic E-state index is -1.56. The maximum atomic E-state index is 5.75. The van der Waals surface area contributed by atoms with E-state index in [1.165, 1.54) is 11.1 Å². The number of rotatable bonds is 0. The lowest BCUT2D eigenvalue weighted by molar-refractivity contribution is 0.202. The third kappa shape index (κ3) is 1.60. The van der Waals surface area contributed by atoms with Gasteiger partial charge in [-0.2, -0.15) is 0 Å². The van der Waals surface area contributed by atoms with Gasteiger partial charge in [-0.15, -0.1) is 0 Å². The van der Waals surface area contributed by atoms with Gasteiger partial charge in [-0.1, -0.05) is 59.1 Å². The molecule has 1 aliphatic heterocycles. The Balaban J connectivity index is 1.98. The molecule has 3 rings (SSSR count). The molecule has 2 unspecified atom stereocenters. The van der Waals surface area contributed by atoms with Gasteiger partial charge in [0.2, 0.25) is 5.90 Å². The molecule has 0 spiro atoms. The Labute approximate surface area is 108 Å². The zero-order valence-electron chi connectivity index (χ0n) is 8.16. The van der Waals surface area contributed by atoms with Crippen LogP contribution in [0.3, 0.4) is 0 Å². The van der Waals surface area contributed by atoms with Crippen molar-refractivity contribution in [3.05, 3.63) is 35.4 Å². The summed E-state index contributed by atoms with van der Waals surface area (Å²) >= 11 is 17.3. The summed E-state index contributed by atoms with van der Waals surface area (Å²) in [5.74, 6) is 0.210. The van der Waals surface area contributed by atoms with Crippen molar-refractivity contribution in [3.63, 3.8) is 0 Å². The Morgan fingerprint density at radius 3 is 2.75 bits per heavy atom. The van der Waals surface area contributed by atoms with Crippen LogP contribution in [0.2, 0.25) is 0 Å². The van der Waals surface area contributed by atoms with E-state index in [1.54, 1.807) is 0 Å². The molecule has 1 aliphatic carbocycles. The van der Waals surface area contributed by atoms with Gasteiger partial charge >= 0.3 is 0 Å². The zero-order chi connectivity index (χ0) is 11.3. The van der Waals surface area contributed by atoms with Crippen LogP contribution in [0.25, 0.3) is 0 Å². The highest BCUT2D eigenvalue weighted by Gasteiger charge is 2.44. The van der Waals surface area contributed by atoms with E-state index in [4.69, 9.17) is 39.5 Å². The molecule has 0 amide bonds. The number of fused-ring (bicyclic) bond motifs is 3. The third-order valence-electron chi connectivity index (χ3n) is 2.91. The van der Waals surface area contributed by atoms with Crippen molar-refractivity contribution >= 4 is 40.7 Å². The number of alkyl halides is 3. The number of halogens is 3. The minimum absolute atomic E-state index is 0.0111. The van der Waals surface area contributed by atoms with Crippen LogP contribution in [0.1, 0.15) is 17.2 Å². The largest absolute Gasteiger partial charge is 0.472 e. The molecule has 0 fully saturated rings. The maximum absolute atomic E-state index is 5.75. The van der Waals surface area contributed by atoms with E-state index in [0.717, 1.165) is 6.42 Å². The van der Waals surface area contributed by atoms with E-state index in [-0.39, 0.29) is 18.0 Å². The predicted molar refractivity (Wildman–Crippen MR) is 65.5 cm³/mol. The molecular formula is C11H8Cl3NO. The van der Waals surface area contributed by atoms with Gasteiger partial charge in [0.05, 0.1) is 0 Å². The fourth-order valence-electron chi connectivity index (χ4n) is 2.24. The molecule has 0 bridgehead atoms. The molecule has 5 heteroatoms. The van der Waals surface area contributed by atoms with Crippen molar-refractivity contribution in [1.82, 2.24) is 0 Å². The third-order valence-corrected chi connectivity index (χ3v) is 3.39. The van der Waals surface area contributed by atoms with Crippen LogP contribution in [0.15, 0.2) is 29.3 Å². The summed E-state index contributed by atoms with van der Waals surface area (Å²) in [5.41, 5.74) is 2.45. The molecule has 2 nitrogen and oxygen atoms in total. The maximum Gasteiger partial charge on any atom is 0.266 e. The predicted octanol–water partition coefficient (Wildman–Crippen LogP) is 3.45. The molecule has 1 aromatic carbocycles. The standard InChI is InChI=1S/C11H8Cl3NO/c12-11(13,14)10-15-9-7-4-2-1-3-6(7)5-8(9)16-10/h1-4,8-9H,5H2. The van der Waals surface area contributed by atoms with Gasteiger partial charge < -0.3 is 4.74 Å². The van der Waals surface area contributed by atoms with Crippen molar-refractivity contribution < 1.29 is 4.74 Å². The summed E-state index contributed by atoms with van der Waals surface area (Å²) in [6, 6.07) is 8.13. The fourth-order valence-corrected chi connectivity index (χ4v) is 2.52. The summed E-state index contributed by atoms with van der Waals surface area (Å²) in [6.07, 6.45) is 0.817. The molecule has 1 aromatic rings. The lowest BCUT2D eigenvalue weighted by Crippen LogP contribution is -2.22. The van der Waals surface area contributed by atoms with Gasteiger partial charge in [0.15, 0.2) is 0 Å². The zero-order valence-corrected chi connectivity index (χ0v) is 10.4. The Morgan fingerprint density at radius 1 is 1.25 bits per heavy atom. The topological polar surface area (TPSA) is 21.6 Å². The van der Waals surface area contributed by atoms with Gasteiger partial charge in [0.1, 0.15) is 12.1 Å². The molecule has 0 N–H and O–H groups in total. The van der Waals surface area contributed by atoms with Crippen molar-refractivity contribution in [3.8, 4) is 0 Å². The van der Waals surface area contributed by atoms with Gasteiger partial charge in [0, 0.05) is 6.42 Å². The number of hydrogen-bond donors (Lipinski definition) is 0. The van der Waals surface area contributed by atoms with Gasteiger partial charge in [-0.3, -0.25) is 0 Å². The van der Waals surface area contributed by atoms with Crippen molar-refractivity contribution in [2.75, 3.05) is 0 Å².